The number of nitrogens with one attached hydrogen (secondary N) is 2. The zero-order valence-corrected chi connectivity index (χ0v) is 12.9. The molecule has 1 fully saturated rings. The van der Waals surface area contributed by atoms with Crippen molar-refractivity contribution in [1.82, 2.24) is 20.1 Å². The second kappa shape index (κ2) is 7.07. The molecule has 4 nitrogen and oxygen atoms in total. The van der Waals surface area contributed by atoms with E-state index in [4.69, 9.17) is 0 Å². The number of hydrogen-bond donors (Lipinski definition) is 2. The summed E-state index contributed by atoms with van der Waals surface area (Å²) in [6.45, 7) is 8.13. The fourth-order valence-electron chi connectivity index (χ4n) is 3.03. The SMILES string of the molecule is CN1CCN(CCCNCc2cccc3[nH]ccc23)CC1. The molecule has 3 rings (SSSR count). The molecule has 114 valence electrons. The minimum Gasteiger partial charge on any atom is -0.361 e. The van der Waals surface area contributed by atoms with Crippen LogP contribution in [0.4, 0.5) is 0 Å². The average molecular weight is 286 g/mol. The molecule has 1 aliphatic heterocycles. The minimum atomic E-state index is 0.956. The molecule has 0 aliphatic carbocycles. The molecule has 0 radical (unpaired) electrons. The van der Waals surface area contributed by atoms with Crippen LogP contribution in [-0.4, -0.2) is 61.1 Å². The summed E-state index contributed by atoms with van der Waals surface area (Å²) in [5.74, 6) is 0. The van der Waals surface area contributed by atoms with Crippen LogP contribution in [0.15, 0.2) is 30.5 Å². The van der Waals surface area contributed by atoms with Crippen LogP contribution in [0.2, 0.25) is 0 Å². The molecule has 1 aromatic carbocycles. The molecule has 2 N–H and O–H groups in total. The fraction of sp³-hybridized carbons (Fsp3) is 0.529. The van der Waals surface area contributed by atoms with Crippen molar-refractivity contribution in [2.75, 3.05) is 46.3 Å². The number of fused-ring (bicyclic) bond motifs is 1. The van der Waals surface area contributed by atoms with Crippen LogP contribution in [0.5, 0.6) is 0 Å². The largest absolute Gasteiger partial charge is 0.361 e. The first-order valence-corrected chi connectivity index (χ1v) is 7.99. The lowest BCUT2D eigenvalue weighted by Crippen LogP contribution is -2.45. The summed E-state index contributed by atoms with van der Waals surface area (Å²) in [6.07, 6.45) is 3.24. The van der Waals surface area contributed by atoms with Gasteiger partial charge in [0.25, 0.3) is 0 Å². The summed E-state index contributed by atoms with van der Waals surface area (Å²) >= 11 is 0. The van der Waals surface area contributed by atoms with Gasteiger partial charge in [-0.3, -0.25) is 0 Å². The number of hydrogen-bond acceptors (Lipinski definition) is 3. The predicted octanol–water partition coefficient (Wildman–Crippen LogP) is 1.89. The lowest BCUT2D eigenvalue weighted by atomic mass is 10.1. The number of piperazine rings is 1. The highest BCUT2D eigenvalue weighted by atomic mass is 15.2. The molecular weight excluding hydrogens is 260 g/mol. The molecule has 0 amide bonds. The van der Waals surface area contributed by atoms with Gasteiger partial charge >= 0.3 is 0 Å². The third-order valence-electron chi connectivity index (χ3n) is 4.42. The second-order valence-electron chi connectivity index (χ2n) is 6.03. The van der Waals surface area contributed by atoms with Gasteiger partial charge < -0.3 is 20.1 Å². The monoisotopic (exact) mass is 286 g/mol. The summed E-state index contributed by atoms with van der Waals surface area (Å²) < 4.78 is 0. The molecule has 21 heavy (non-hydrogen) atoms. The molecule has 2 aromatic rings. The van der Waals surface area contributed by atoms with Crippen molar-refractivity contribution in [2.24, 2.45) is 0 Å². The van der Waals surface area contributed by atoms with Gasteiger partial charge in [-0.25, -0.2) is 0 Å². The van der Waals surface area contributed by atoms with Gasteiger partial charge in [0.2, 0.25) is 0 Å². The third-order valence-corrected chi connectivity index (χ3v) is 4.42. The molecule has 2 heterocycles. The number of nitrogens with zero attached hydrogens (tertiary/aromatic N) is 2. The van der Waals surface area contributed by atoms with E-state index in [9.17, 15) is 0 Å². The van der Waals surface area contributed by atoms with Crippen molar-refractivity contribution in [3.63, 3.8) is 0 Å². The molecule has 0 spiro atoms. The van der Waals surface area contributed by atoms with Crippen LogP contribution >= 0.6 is 0 Å². The molecule has 0 saturated carbocycles. The van der Waals surface area contributed by atoms with E-state index in [1.54, 1.807) is 0 Å². The lowest BCUT2D eigenvalue weighted by molar-refractivity contribution is 0.153. The Balaban J connectivity index is 1.38. The van der Waals surface area contributed by atoms with E-state index < -0.39 is 0 Å². The van der Waals surface area contributed by atoms with Gasteiger partial charge in [-0.05, 0) is 44.3 Å². The maximum Gasteiger partial charge on any atom is 0.0457 e. The van der Waals surface area contributed by atoms with E-state index in [-0.39, 0.29) is 0 Å². The second-order valence-corrected chi connectivity index (χ2v) is 6.03. The Morgan fingerprint density at radius 2 is 2.00 bits per heavy atom. The number of H-pyrrole nitrogens is 1. The Morgan fingerprint density at radius 1 is 1.14 bits per heavy atom. The maximum absolute atomic E-state index is 3.58. The lowest BCUT2D eigenvalue weighted by Gasteiger charge is -2.32. The first-order chi connectivity index (χ1) is 10.3. The van der Waals surface area contributed by atoms with Crippen molar-refractivity contribution in [1.29, 1.82) is 0 Å². The Labute approximate surface area is 127 Å². The average Bonchev–Trinajstić information content (AvgIpc) is 2.98. The van der Waals surface area contributed by atoms with Crippen molar-refractivity contribution >= 4 is 10.9 Å². The molecule has 0 atom stereocenters. The summed E-state index contributed by atoms with van der Waals surface area (Å²) in [5, 5.41) is 4.92. The van der Waals surface area contributed by atoms with Crippen LogP contribution in [-0.2, 0) is 6.54 Å². The van der Waals surface area contributed by atoms with Gasteiger partial charge in [0.1, 0.15) is 0 Å². The van der Waals surface area contributed by atoms with E-state index in [0.717, 1.165) is 13.1 Å². The summed E-state index contributed by atoms with van der Waals surface area (Å²) in [5.41, 5.74) is 2.61. The highest BCUT2D eigenvalue weighted by molar-refractivity contribution is 5.82. The van der Waals surface area contributed by atoms with Crippen molar-refractivity contribution < 1.29 is 0 Å². The molecule has 1 aromatic heterocycles. The van der Waals surface area contributed by atoms with Gasteiger partial charge in [-0.2, -0.15) is 0 Å². The van der Waals surface area contributed by atoms with Gasteiger partial charge in [0.15, 0.2) is 0 Å². The highest BCUT2D eigenvalue weighted by Crippen LogP contribution is 2.16. The van der Waals surface area contributed by atoms with Crippen LogP contribution in [0, 0.1) is 0 Å². The maximum atomic E-state index is 3.58. The standard InChI is InChI=1S/C17H26N4/c1-20-10-12-21(13-11-20)9-3-7-18-14-15-4-2-5-17-16(15)6-8-19-17/h2,4-6,8,18-19H,3,7,9-14H2,1H3. The number of aromatic amines is 1. The van der Waals surface area contributed by atoms with Gasteiger partial charge in [0, 0.05) is 49.8 Å². The smallest absolute Gasteiger partial charge is 0.0457 e. The van der Waals surface area contributed by atoms with Crippen LogP contribution in [0.3, 0.4) is 0 Å². The Morgan fingerprint density at radius 3 is 2.86 bits per heavy atom. The quantitative estimate of drug-likeness (QED) is 0.796. The van der Waals surface area contributed by atoms with Crippen LogP contribution in [0.1, 0.15) is 12.0 Å². The van der Waals surface area contributed by atoms with E-state index in [2.05, 4.69) is 51.4 Å². The molecule has 1 saturated heterocycles. The minimum absolute atomic E-state index is 0.956. The van der Waals surface area contributed by atoms with Crippen molar-refractivity contribution in [2.45, 2.75) is 13.0 Å². The van der Waals surface area contributed by atoms with Gasteiger partial charge in [-0.1, -0.05) is 12.1 Å². The van der Waals surface area contributed by atoms with E-state index >= 15 is 0 Å². The first kappa shape index (κ1) is 14.6. The summed E-state index contributed by atoms with van der Waals surface area (Å²) in [7, 11) is 2.21. The molecular formula is C17H26N4. The fourth-order valence-corrected chi connectivity index (χ4v) is 3.03. The normalized spacial score (nSPS) is 17.6. The molecule has 0 unspecified atom stereocenters. The number of aromatic nitrogens is 1. The first-order valence-electron chi connectivity index (χ1n) is 7.99. The van der Waals surface area contributed by atoms with E-state index in [0.29, 0.717) is 0 Å². The Bertz CT molecular complexity index is 555. The number of benzene rings is 1. The molecule has 0 bridgehead atoms. The topological polar surface area (TPSA) is 34.3 Å². The molecule has 1 aliphatic rings. The van der Waals surface area contributed by atoms with Crippen molar-refractivity contribution in [3.8, 4) is 0 Å². The molecule has 4 heteroatoms. The van der Waals surface area contributed by atoms with E-state index in [1.807, 2.05) is 6.20 Å². The zero-order valence-electron chi connectivity index (χ0n) is 12.9. The van der Waals surface area contributed by atoms with Gasteiger partial charge in [-0.15, -0.1) is 0 Å². The van der Waals surface area contributed by atoms with E-state index in [1.165, 1.54) is 55.6 Å². The summed E-state index contributed by atoms with van der Waals surface area (Å²) in [6, 6.07) is 8.63. The zero-order chi connectivity index (χ0) is 14.5. The highest BCUT2D eigenvalue weighted by Gasteiger charge is 2.12. The number of likely N-dealkylation sites (N-methyl/N-ethyl adjacent to an activating group) is 1. The third kappa shape index (κ3) is 3.84. The van der Waals surface area contributed by atoms with Crippen LogP contribution < -0.4 is 5.32 Å². The predicted molar refractivity (Wildman–Crippen MR) is 88.6 cm³/mol. The summed E-state index contributed by atoms with van der Waals surface area (Å²) in [4.78, 5) is 8.26. The van der Waals surface area contributed by atoms with Gasteiger partial charge in [0.05, 0.1) is 0 Å². The van der Waals surface area contributed by atoms with Crippen molar-refractivity contribution in [3.05, 3.63) is 36.0 Å². The Kier molecular flexibility index (Phi) is 4.91. The Hall–Kier alpha value is -1.36. The van der Waals surface area contributed by atoms with Crippen LogP contribution in [0.25, 0.3) is 10.9 Å². The number of rotatable bonds is 6.